The first kappa shape index (κ1) is 13.5. The summed E-state index contributed by atoms with van der Waals surface area (Å²) >= 11 is 0. The van der Waals surface area contributed by atoms with Gasteiger partial charge in [-0.1, -0.05) is 0 Å². The number of Topliss-reactive ketones (excluding diaryl/α,β-unsaturated/α-hetero) is 1. The number of ether oxygens (including phenoxy) is 1. The van der Waals surface area contributed by atoms with E-state index >= 15 is 0 Å². The molecule has 6 heteroatoms. The molecule has 0 spiro atoms. The van der Waals surface area contributed by atoms with Gasteiger partial charge in [0.25, 0.3) is 0 Å². The van der Waals surface area contributed by atoms with E-state index in [0.29, 0.717) is 12.1 Å². The Morgan fingerprint density at radius 2 is 1.94 bits per heavy atom. The summed E-state index contributed by atoms with van der Waals surface area (Å²) in [5, 5.41) is 0. The summed E-state index contributed by atoms with van der Waals surface area (Å²) in [6.07, 6.45) is -4.72. The van der Waals surface area contributed by atoms with Crippen molar-refractivity contribution in [1.29, 1.82) is 0 Å². The van der Waals surface area contributed by atoms with Gasteiger partial charge in [0.1, 0.15) is 0 Å². The first-order valence-electron chi connectivity index (χ1n) is 4.81. The van der Waals surface area contributed by atoms with Crippen LogP contribution in [0.25, 0.3) is 0 Å². The Labute approximate surface area is 95.2 Å². The predicted octanol–water partition coefficient (Wildman–Crippen LogP) is 3.45. The fourth-order valence-corrected chi connectivity index (χ4v) is 1.35. The number of ketones is 1. The standard InChI is InChI=1S/C11H10F4O2/c1-3-17-10-5-8(11(13,14)15)7(6(2)16)4-9(10)12/h4-5H,3H2,1-2H3. The SMILES string of the molecule is CCOc1cc(C(F)(F)F)c(C(C)=O)cc1F. The minimum absolute atomic E-state index is 0.0354. The smallest absolute Gasteiger partial charge is 0.417 e. The number of carbonyl (C=O) groups excluding carboxylic acids is 1. The Hall–Kier alpha value is -1.59. The van der Waals surface area contributed by atoms with Crippen LogP contribution in [0.2, 0.25) is 0 Å². The number of hydrogen-bond acceptors (Lipinski definition) is 2. The van der Waals surface area contributed by atoms with E-state index in [4.69, 9.17) is 4.74 Å². The van der Waals surface area contributed by atoms with Crippen molar-refractivity contribution in [2.45, 2.75) is 20.0 Å². The number of carbonyl (C=O) groups is 1. The number of rotatable bonds is 3. The van der Waals surface area contributed by atoms with Gasteiger partial charge < -0.3 is 4.74 Å². The second kappa shape index (κ2) is 4.73. The highest BCUT2D eigenvalue weighted by Crippen LogP contribution is 2.35. The van der Waals surface area contributed by atoms with Crippen LogP contribution < -0.4 is 4.74 Å². The van der Waals surface area contributed by atoms with Crippen molar-refractivity contribution in [3.63, 3.8) is 0 Å². The fraction of sp³-hybridized carbons (Fsp3) is 0.364. The minimum atomic E-state index is -4.72. The molecule has 0 aliphatic heterocycles. The van der Waals surface area contributed by atoms with Gasteiger partial charge in [-0.25, -0.2) is 4.39 Å². The largest absolute Gasteiger partial charge is 0.491 e. The van der Waals surface area contributed by atoms with E-state index in [0.717, 1.165) is 6.92 Å². The second-order valence-electron chi connectivity index (χ2n) is 3.32. The zero-order chi connectivity index (χ0) is 13.2. The molecule has 94 valence electrons. The lowest BCUT2D eigenvalue weighted by atomic mass is 10.0. The van der Waals surface area contributed by atoms with Crippen molar-refractivity contribution in [1.82, 2.24) is 0 Å². The van der Waals surface area contributed by atoms with Gasteiger partial charge in [0.15, 0.2) is 17.3 Å². The van der Waals surface area contributed by atoms with Crippen LogP contribution >= 0.6 is 0 Å². The summed E-state index contributed by atoms with van der Waals surface area (Å²) < 4.78 is 55.9. The summed E-state index contributed by atoms with van der Waals surface area (Å²) in [6, 6.07) is 1.06. The Kier molecular flexibility index (Phi) is 3.75. The molecule has 0 radical (unpaired) electrons. The fourth-order valence-electron chi connectivity index (χ4n) is 1.35. The van der Waals surface area contributed by atoms with Crippen molar-refractivity contribution in [3.8, 4) is 5.75 Å². The van der Waals surface area contributed by atoms with E-state index in [9.17, 15) is 22.4 Å². The highest BCUT2D eigenvalue weighted by Gasteiger charge is 2.35. The number of alkyl halides is 3. The van der Waals surface area contributed by atoms with Gasteiger partial charge in [0.05, 0.1) is 12.2 Å². The molecule has 0 bridgehead atoms. The monoisotopic (exact) mass is 250 g/mol. The first-order valence-corrected chi connectivity index (χ1v) is 4.81. The Balaban J connectivity index is 3.42. The normalized spacial score (nSPS) is 11.4. The average molecular weight is 250 g/mol. The van der Waals surface area contributed by atoms with Gasteiger partial charge in [0, 0.05) is 5.56 Å². The topological polar surface area (TPSA) is 26.3 Å². The number of hydrogen-bond donors (Lipinski definition) is 0. The van der Waals surface area contributed by atoms with Gasteiger partial charge in [0.2, 0.25) is 0 Å². The van der Waals surface area contributed by atoms with Crippen molar-refractivity contribution in [2.75, 3.05) is 6.61 Å². The minimum Gasteiger partial charge on any atom is -0.491 e. The lowest BCUT2D eigenvalue weighted by Gasteiger charge is -2.13. The van der Waals surface area contributed by atoms with Gasteiger partial charge in [-0.3, -0.25) is 4.79 Å². The molecular weight excluding hydrogens is 240 g/mol. The highest BCUT2D eigenvalue weighted by molar-refractivity contribution is 5.96. The molecule has 0 N–H and O–H groups in total. The average Bonchev–Trinajstić information content (AvgIpc) is 2.18. The van der Waals surface area contributed by atoms with E-state index in [2.05, 4.69) is 0 Å². The van der Waals surface area contributed by atoms with E-state index in [1.807, 2.05) is 0 Å². The van der Waals surface area contributed by atoms with Crippen LogP contribution in [-0.4, -0.2) is 12.4 Å². The van der Waals surface area contributed by atoms with E-state index in [1.54, 1.807) is 0 Å². The molecule has 0 aliphatic carbocycles. The molecule has 0 atom stereocenters. The van der Waals surface area contributed by atoms with Crippen LogP contribution in [0.15, 0.2) is 12.1 Å². The summed E-state index contributed by atoms with van der Waals surface area (Å²) in [5.74, 6) is -2.34. The maximum atomic E-state index is 13.3. The predicted molar refractivity (Wildman–Crippen MR) is 52.6 cm³/mol. The lowest BCUT2D eigenvalue weighted by Crippen LogP contribution is -2.13. The van der Waals surface area contributed by atoms with Crippen molar-refractivity contribution in [3.05, 3.63) is 29.1 Å². The Morgan fingerprint density at radius 3 is 2.35 bits per heavy atom. The van der Waals surface area contributed by atoms with Gasteiger partial charge >= 0.3 is 6.18 Å². The highest BCUT2D eigenvalue weighted by atomic mass is 19.4. The van der Waals surface area contributed by atoms with Crippen LogP contribution in [0.3, 0.4) is 0 Å². The summed E-state index contributed by atoms with van der Waals surface area (Å²) in [7, 11) is 0. The molecule has 0 aliphatic rings. The van der Waals surface area contributed by atoms with Crippen LogP contribution in [-0.2, 0) is 6.18 Å². The molecule has 17 heavy (non-hydrogen) atoms. The molecule has 0 saturated carbocycles. The summed E-state index contributed by atoms with van der Waals surface area (Å²) in [5.41, 5.74) is -1.88. The molecule has 1 rings (SSSR count). The van der Waals surface area contributed by atoms with E-state index < -0.39 is 34.7 Å². The van der Waals surface area contributed by atoms with Gasteiger partial charge in [-0.05, 0) is 26.0 Å². The third-order valence-corrected chi connectivity index (χ3v) is 2.06. The van der Waals surface area contributed by atoms with E-state index in [1.165, 1.54) is 6.92 Å². The summed E-state index contributed by atoms with van der Waals surface area (Å²) in [6.45, 7) is 2.50. The third-order valence-electron chi connectivity index (χ3n) is 2.06. The molecule has 0 saturated heterocycles. The van der Waals surface area contributed by atoms with Crippen LogP contribution in [0, 0.1) is 5.82 Å². The molecule has 0 amide bonds. The van der Waals surface area contributed by atoms with Crippen molar-refractivity contribution < 1.29 is 27.1 Å². The summed E-state index contributed by atoms with van der Waals surface area (Å²) in [4.78, 5) is 11.0. The Bertz CT molecular complexity index is 438. The van der Waals surface area contributed by atoms with Crippen LogP contribution in [0.4, 0.5) is 17.6 Å². The molecule has 2 nitrogen and oxygen atoms in total. The molecule has 0 fully saturated rings. The molecule has 0 unspecified atom stereocenters. The van der Waals surface area contributed by atoms with Gasteiger partial charge in [-0.2, -0.15) is 13.2 Å². The van der Waals surface area contributed by atoms with Gasteiger partial charge in [-0.15, -0.1) is 0 Å². The molecule has 1 aromatic carbocycles. The molecule has 0 heterocycles. The van der Waals surface area contributed by atoms with Crippen LogP contribution in [0.1, 0.15) is 29.8 Å². The quantitative estimate of drug-likeness (QED) is 0.606. The third kappa shape index (κ3) is 2.95. The maximum Gasteiger partial charge on any atom is 0.417 e. The molecule has 1 aromatic rings. The second-order valence-corrected chi connectivity index (χ2v) is 3.32. The number of benzene rings is 1. The maximum absolute atomic E-state index is 13.3. The van der Waals surface area contributed by atoms with Crippen molar-refractivity contribution >= 4 is 5.78 Å². The lowest BCUT2D eigenvalue weighted by molar-refractivity contribution is -0.138. The zero-order valence-corrected chi connectivity index (χ0v) is 9.19. The molecular formula is C11H10F4O2. The zero-order valence-electron chi connectivity index (χ0n) is 9.19. The van der Waals surface area contributed by atoms with Crippen molar-refractivity contribution in [2.24, 2.45) is 0 Å². The number of halogens is 4. The van der Waals surface area contributed by atoms with E-state index in [-0.39, 0.29) is 6.61 Å². The Morgan fingerprint density at radius 1 is 1.35 bits per heavy atom. The molecule has 0 aromatic heterocycles. The van der Waals surface area contributed by atoms with Crippen LogP contribution in [0.5, 0.6) is 5.75 Å². The first-order chi connectivity index (χ1) is 7.77.